The minimum Gasteiger partial charge on any atom is -0.399 e. The number of amides is 1. The molecule has 4 nitrogen and oxygen atoms in total. The average molecular weight is 293 g/mol. The van der Waals surface area contributed by atoms with Gasteiger partial charge in [-0.3, -0.25) is 9.69 Å². The van der Waals surface area contributed by atoms with E-state index in [0.29, 0.717) is 5.69 Å². The predicted octanol–water partition coefficient (Wildman–Crippen LogP) is 3.00. The van der Waals surface area contributed by atoms with Crippen molar-refractivity contribution in [3.63, 3.8) is 0 Å². The highest BCUT2D eigenvalue weighted by atomic mass is 19.1. The van der Waals surface area contributed by atoms with Crippen LogP contribution in [0.3, 0.4) is 0 Å². The van der Waals surface area contributed by atoms with Crippen molar-refractivity contribution in [2.75, 3.05) is 24.1 Å². The summed E-state index contributed by atoms with van der Waals surface area (Å²) in [5.41, 5.74) is 6.22. The largest absolute Gasteiger partial charge is 0.399 e. The molecule has 0 aromatic heterocycles. The first-order chi connectivity index (χ1) is 10.1. The lowest BCUT2D eigenvalue weighted by Gasteiger charge is -2.29. The van der Waals surface area contributed by atoms with E-state index in [9.17, 15) is 9.18 Å². The van der Waals surface area contributed by atoms with Crippen molar-refractivity contribution in [1.29, 1.82) is 0 Å². The lowest BCUT2D eigenvalue weighted by Crippen LogP contribution is -2.43. The second-order valence-electron chi connectivity index (χ2n) is 5.71. The Bertz CT molecular complexity index is 484. The highest BCUT2D eigenvalue weighted by Gasteiger charge is 2.22. The van der Waals surface area contributed by atoms with Crippen molar-refractivity contribution in [3.05, 3.63) is 24.0 Å². The number of hydrogen-bond donors (Lipinski definition) is 2. The third kappa shape index (κ3) is 4.43. The Morgan fingerprint density at radius 2 is 1.86 bits per heavy atom. The van der Waals surface area contributed by atoms with Gasteiger partial charge in [-0.15, -0.1) is 0 Å². The fourth-order valence-electron chi connectivity index (χ4n) is 2.70. The normalized spacial score (nSPS) is 18.6. The van der Waals surface area contributed by atoms with Crippen molar-refractivity contribution in [2.24, 2.45) is 0 Å². The van der Waals surface area contributed by atoms with Gasteiger partial charge in [0.2, 0.25) is 5.91 Å². The Morgan fingerprint density at radius 3 is 2.52 bits per heavy atom. The van der Waals surface area contributed by atoms with Gasteiger partial charge in [0.1, 0.15) is 5.82 Å². The highest BCUT2D eigenvalue weighted by molar-refractivity contribution is 5.95. The van der Waals surface area contributed by atoms with Gasteiger partial charge in [0, 0.05) is 5.69 Å². The number of carbonyl (C=O) groups excluding carboxylic acids is 1. The van der Waals surface area contributed by atoms with Gasteiger partial charge < -0.3 is 11.1 Å². The Hall–Kier alpha value is -1.62. The Kier molecular flexibility index (Phi) is 5.56. The van der Waals surface area contributed by atoms with Crippen molar-refractivity contribution in [3.8, 4) is 0 Å². The summed E-state index contributed by atoms with van der Waals surface area (Å²) in [6.07, 6.45) is 5.95. The molecule has 1 atom stereocenters. The number of nitrogens with zero attached hydrogens (tertiary/aromatic N) is 1. The maximum atomic E-state index is 13.7. The van der Waals surface area contributed by atoms with Gasteiger partial charge in [0.05, 0.1) is 11.7 Å². The Morgan fingerprint density at radius 1 is 1.24 bits per heavy atom. The molecular formula is C16H24FN3O. The second kappa shape index (κ2) is 7.41. The zero-order valence-corrected chi connectivity index (χ0v) is 12.6. The molecule has 1 aromatic carbocycles. The van der Waals surface area contributed by atoms with Gasteiger partial charge in [0.15, 0.2) is 0 Å². The van der Waals surface area contributed by atoms with Crippen LogP contribution >= 0.6 is 0 Å². The minimum absolute atomic E-state index is 0.152. The standard InChI is InChI=1S/C16H24FN3O/c1-12(20-9-5-3-2-4-6-10-20)16(21)19-15-11-13(18)7-8-14(15)17/h7-8,11-12H,2-6,9-10,18H2,1H3,(H,19,21). The van der Waals surface area contributed by atoms with Crippen LogP contribution in [0.1, 0.15) is 39.0 Å². The van der Waals surface area contributed by atoms with Crippen molar-refractivity contribution in [1.82, 2.24) is 4.90 Å². The molecule has 3 N–H and O–H groups in total. The van der Waals surface area contributed by atoms with Crippen LogP contribution in [0.4, 0.5) is 15.8 Å². The number of likely N-dealkylation sites (tertiary alicyclic amines) is 1. The van der Waals surface area contributed by atoms with Gasteiger partial charge in [0.25, 0.3) is 0 Å². The fraction of sp³-hybridized carbons (Fsp3) is 0.562. The summed E-state index contributed by atoms with van der Waals surface area (Å²) in [4.78, 5) is 14.5. The number of anilines is 2. The summed E-state index contributed by atoms with van der Waals surface area (Å²) in [5.74, 6) is -0.641. The highest BCUT2D eigenvalue weighted by Crippen LogP contribution is 2.19. The van der Waals surface area contributed by atoms with E-state index >= 15 is 0 Å². The first-order valence-corrected chi connectivity index (χ1v) is 7.68. The SMILES string of the molecule is CC(C(=O)Nc1cc(N)ccc1F)N1CCCCCCC1. The van der Waals surface area contributed by atoms with Crippen molar-refractivity contribution < 1.29 is 9.18 Å². The van der Waals surface area contributed by atoms with E-state index in [0.717, 1.165) is 25.9 Å². The molecule has 0 saturated carbocycles. The van der Waals surface area contributed by atoms with Gasteiger partial charge in [-0.05, 0) is 51.1 Å². The molecule has 0 aliphatic carbocycles. The third-order valence-corrected chi connectivity index (χ3v) is 4.07. The van der Waals surface area contributed by atoms with Crippen LogP contribution in [0.15, 0.2) is 18.2 Å². The molecule has 1 saturated heterocycles. The van der Waals surface area contributed by atoms with E-state index < -0.39 is 5.82 Å². The molecule has 1 unspecified atom stereocenters. The summed E-state index contributed by atoms with van der Waals surface area (Å²) in [5, 5.41) is 2.65. The molecule has 1 heterocycles. The summed E-state index contributed by atoms with van der Waals surface area (Å²) in [7, 11) is 0. The Balaban J connectivity index is 1.99. The van der Waals surface area contributed by atoms with Crippen molar-refractivity contribution >= 4 is 17.3 Å². The molecule has 0 spiro atoms. The lowest BCUT2D eigenvalue weighted by atomic mass is 10.1. The Labute approximate surface area is 125 Å². The number of hydrogen-bond acceptors (Lipinski definition) is 3. The molecule has 2 rings (SSSR count). The van der Waals surface area contributed by atoms with Crippen LogP contribution < -0.4 is 11.1 Å². The molecule has 1 amide bonds. The fourth-order valence-corrected chi connectivity index (χ4v) is 2.70. The van der Waals surface area contributed by atoms with Crippen LogP contribution in [0.2, 0.25) is 0 Å². The molecular weight excluding hydrogens is 269 g/mol. The first kappa shape index (κ1) is 15.8. The van der Waals surface area contributed by atoms with Crippen LogP contribution in [-0.4, -0.2) is 29.9 Å². The smallest absolute Gasteiger partial charge is 0.241 e. The van der Waals surface area contributed by atoms with Gasteiger partial charge in [-0.25, -0.2) is 4.39 Å². The molecule has 21 heavy (non-hydrogen) atoms. The quantitative estimate of drug-likeness (QED) is 0.842. The topological polar surface area (TPSA) is 58.4 Å². The van der Waals surface area contributed by atoms with E-state index in [1.807, 2.05) is 6.92 Å². The maximum absolute atomic E-state index is 13.7. The molecule has 116 valence electrons. The van der Waals surface area contributed by atoms with Crippen molar-refractivity contribution in [2.45, 2.75) is 45.1 Å². The number of benzene rings is 1. The second-order valence-corrected chi connectivity index (χ2v) is 5.71. The van der Waals surface area contributed by atoms with E-state index in [-0.39, 0.29) is 17.6 Å². The molecule has 0 bridgehead atoms. The zero-order valence-electron chi connectivity index (χ0n) is 12.6. The number of rotatable bonds is 3. The van der Waals surface area contributed by atoms with Gasteiger partial charge >= 0.3 is 0 Å². The van der Waals surface area contributed by atoms with Gasteiger partial charge in [-0.1, -0.05) is 19.3 Å². The number of nitrogen functional groups attached to an aromatic ring is 1. The number of nitrogens with two attached hydrogens (primary N) is 1. The third-order valence-electron chi connectivity index (χ3n) is 4.07. The van der Waals surface area contributed by atoms with Crippen LogP contribution in [0.5, 0.6) is 0 Å². The molecule has 1 aliphatic rings. The van der Waals surface area contributed by atoms with Gasteiger partial charge in [-0.2, -0.15) is 0 Å². The van der Waals surface area contributed by atoms with E-state index in [2.05, 4.69) is 10.2 Å². The number of carbonyl (C=O) groups is 1. The monoisotopic (exact) mass is 293 g/mol. The van der Waals surface area contributed by atoms with E-state index in [4.69, 9.17) is 5.73 Å². The lowest BCUT2D eigenvalue weighted by molar-refractivity contribution is -0.120. The molecule has 1 aromatic rings. The predicted molar refractivity (Wildman–Crippen MR) is 83.6 cm³/mol. The van der Waals surface area contributed by atoms with E-state index in [1.54, 1.807) is 0 Å². The molecule has 0 radical (unpaired) electrons. The molecule has 5 heteroatoms. The summed E-state index contributed by atoms with van der Waals surface area (Å²) in [6.45, 7) is 3.73. The summed E-state index contributed by atoms with van der Waals surface area (Å²) in [6, 6.07) is 3.94. The van der Waals surface area contributed by atoms with Crippen LogP contribution in [-0.2, 0) is 4.79 Å². The summed E-state index contributed by atoms with van der Waals surface area (Å²) < 4.78 is 13.7. The zero-order chi connectivity index (χ0) is 15.2. The summed E-state index contributed by atoms with van der Waals surface area (Å²) >= 11 is 0. The van der Waals surface area contributed by atoms with Crippen LogP contribution in [0, 0.1) is 5.82 Å². The van der Waals surface area contributed by atoms with Crippen LogP contribution in [0.25, 0.3) is 0 Å². The number of nitrogens with one attached hydrogen (secondary N) is 1. The molecule has 1 fully saturated rings. The minimum atomic E-state index is -0.461. The molecule has 1 aliphatic heterocycles. The average Bonchev–Trinajstić information content (AvgIpc) is 2.42. The number of halogens is 1. The maximum Gasteiger partial charge on any atom is 0.241 e. The first-order valence-electron chi connectivity index (χ1n) is 7.68. The van der Waals surface area contributed by atoms with E-state index in [1.165, 1.54) is 37.5 Å².